The quantitative estimate of drug-likeness (QED) is 0.597. The summed E-state index contributed by atoms with van der Waals surface area (Å²) >= 11 is 3.35. The molecule has 6 heteroatoms. The lowest BCUT2D eigenvalue weighted by Crippen LogP contribution is -2.43. The number of hydrogen-bond acceptors (Lipinski definition) is 4. The van der Waals surface area contributed by atoms with E-state index in [2.05, 4.69) is 15.9 Å². The minimum atomic E-state index is -0.878. The van der Waals surface area contributed by atoms with Gasteiger partial charge in [-0.1, -0.05) is 40.2 Å². The first kappa shape index (κ1) is 16.4. The van der Waals surface area contributed by atoms with E-state index in [1.807, 2.05) is 24.3 Å². The second-order valence-electron chi connectivity index (χ2n) is 5.44. The number of amides is 1. The number of halogens is 1. The molecule has 0 bridgehead atoms. The maximum Gasteiger partial charge on any atom is 0.329 e. The summed E-state index contributed by atoms with van der Waals surface area (Å²) < 4.78 is 6.18. The lowest BCUT2D eigenvalue weighted by molar-refractivity contribution is -0.146. The normalized spacial score (nSPS) is 14.5. The Morgan fingerprint density at radius 1 is 1.17 bits per heavy atom. The van der Waals surface area contributed by atoms with Gasteiger partial charge in [-0.2, -0.15) is 0 Å². The molecule has 2 aromatic rings. The average molecular weight is 388 g/mol. The van der Waals surface area contributed by atoms with Crippen LogP contribution in [-0.4, -0.2) is 23.7 Å². The molecule has 1 aliphatic rings. The fourth-order valence-electron chi connectivity index (χ4n) is 2.60. The van der Waals surface area contributed by atoms with E-state index in [9.17, 15) is 14.4 Å². The zero-order chi connectivity index (χ0) is 17.3. The Labute approximate surface area is 147 Å². The Balaban J connectivity index is 1.74. The Hall–Kier alpha value is -2.47. The molecule has 0 radical (unpaired) electrons. The highest BCUT2D eigenvalue weighted by atomic mass is 79.9. The van der Waals surface area contributed by atoms with Crippen molar-refractivity contribution in [2.75, 3.05) is 4.90 Å². The summed E-state index contributed by atoms with van der Waals surface area (Å²) in [5.74, 6) is -1.87. The topological polar surface area (TPSA) is 63.7 Å². The van der Waals surface area contributed by atoms with Crippen LogP contribution < -0.4 is 4.90 Å². The second kappa shape index (κ2) is 6.57. The third-order valence-corrected chi connectivity index (χ3v) is 4.31. The van der Waals surface area contributed by atoms with Gasteiger partial charge >= 0.3 is 5.97 Å². The van der Waals surface area contributed by atoms with Gasteiger partial charge in [-0.15, -0.1) is 0 Å². The van der Waals surface area contributed by atoms with Crippen molar-refractivity contribution < 1.29 is 19.1 Å². The number of Topliss-reactive ketones (excluding diaryl/α,β-unsaturated/α-hetero) is 1. The van der Waals surface area contributed by atoms with Crippen molar-refractivity contribution in [2.45, 2.75) is 19.6 Å². The summed E-state index contributed by atoms with van der Waals surface area (Å²) in [7, 11) is 0. The summed E-state index contributed by atoms with van der Waals surface area (Å²) in [5.41, 5.74) is 1.59. The molecule has 2 aromatic carbocycles. The van der Waals surface area contributed by atoms with Crippen molar-refractivity contribution >= 4 is 39.3 Å². The molecule has 5 nitrogen and oxygen atoms in total. The number of ketones is 1. The van der Waals surface area contributed by atoms with E-state index in [0.717, 1.165) is 10.0 Å². The third-order valence-electron chi connectivity index (χ3n) is 3.82. The Morgan fingerprint density at radius 3 is 2.67 bits per heavy atom. The van der Waals surface area contributed by atoms with Gasteiger partial charge in [0.25, 0.3) is 11.7 Å². The predicted octanol–water partition coefficient (Wildman–Crippen LogP) is 3.11. The fourth-order valence-corrected chi connectivity index (χ4v) is 3.05. The van der Waals surface area contributed by atoms with Gasteiger partial charge in [0.2, 0.25) is 0 Å². The van der Waals surface area contributed by atoms with Crippen molar-refractivity contribution in [3.05, 3.63) is 64.1 Å². The first-order chi connectivity index (χ1) is 11.5. The molecule has 0 saturated heterocycles. The number of para-hydroxylation sites is 1. The number of carbonyl (C=O) groups excluding carboxylic acids is 3. The lowest BCUT2D eigenvalue weighted by atomic mass is 10.1. The van der Waals surface area contributed by atoms with Gasteiger partial charge in [0, 0.05) is 4.47 Å². The smallest absolute Gasteiger partial charge is 0.329 e. The molecule has 0 aromatic heterocycles. The summed E-state index contributed by atoms with van der Waals surface area (Å²) in [6.07, 6.45) is 0. The number of nitrogens with zero attached hydrogens (tertiary/aromatic N) is 1. The Kier molecular flexibility index (Phi) is 4.49. The number of carbonyl (C=O) groups is 3. The molecule has 122 valence electrons. The number of esters is 1. The van der Waals surface area contributed by atoms with Crippen molar-refractivity contribution in [1.82, 2.24) is 0 Å². The van der Waals surface area contributed by atoms with E-state index in [-0.39, 0.29) is 6.61 Å². The minimum absolute atomic E-state index is 0.0975. The average Bonchev–Trinajstić information content (AvgIpc) is 2.84. The molecule has 0 N–H and O–H groups in total. The first-order valence-corrected chi connectivity index (χ1v) is 8.16. The van der Waals surface area contributed by atoms with Gasteiger partial charge in [-0.3, -0.25) is 14.5 Å². The number of anilines is 1. The van der Waals surface area contributed by atoms with Crippen LogP contribution in [0.15, 0.2) is 53.0 Å². The summed E-state index contributed by atoms with van der Waals surface area (Å²) in [5, 5.41) is 0. The van der Waals surface area contributed by atoms with Gasteiger partial charge < -0.3 is 4.74 Å². The van der Waals surface area contributed by atoms with Crippen LogP contribution in [0.3, 0.4) is 0 Å². The molecule has 0 spiro atoms. The number of hydrogen-bond donors (Lipinski definition) is 0. The molecule has 1 heterocycles. The van der Waals surface area contributed by atoms with Gasteiger partial charge in [0.15, 0.2) is 0 Å². The molecule has 0 unspecified atom stereocenters. The van der Waals surface area contributed by atoms with Crippen LogP contribution in [0.5, 0.6) is 0 Å². The van der Waals surface area contributed by atoms with E-state index in [1.54, 1.807) is 31.2 Å². The summed E-state index contributed by atoms with van der Waals surface area (Å²) in [6, 6.07) is 13.2. The van der Waals surface area contributed by atoms with Crippen LogP contribution in [0.2, 0.25) is 0 Å². The zero-order valence-electron chi connectivity index (χ0n) is 12.9. The third kappa shape index (κ3) is 2.97. The molecule has 0 fully saturated rings. The molecule has 1 atom stereocenters. The van der Waals surface area contributed by atoms with Crippen molar-refractivity contribution in [3.63, 3.8) is 0 Å². The molecule has 24 heavy (non-hydrogen) atoms. The van der Waals surface area contributed by atoms with Crippen molar-refractivity contribution in [3.8, 4) is 0 Å². The van der Waals surface area contributed by atoms with E-state index in [1.165, 1.54) is 4.90 Å². The zero-order valence-corrected chi connectivity index (χ0v) is 14.4. The van der Waals surface area contributed by atoms with Gasteiger partial charge in [-0.05, 0) is 36.8 Å². The van der Waals surface area contributed by atoms with Crippen LogP contribution in [-0.2, 0) is 20.9 Å². The number of fused-ring (bicyclic) bond motifs is 1. The Morgan fingerprint density at radius 2 is 1.92 bits per heavy atom. The molecular weight excluding hydrogens is 374 g/mol. The standard InChI is InChI=1S/C18H14BrNO4/c1-11(18(23)24-10-12-5-4-6-13(19)9-12)20-15-8-3-2-7-14(15)16(21)17(20)22/h2-9,11H,10H2,1H3/t11-/m0/s1. The fraction of sp³-hybridized carbons (Fsp3) is 0.167. The predicted molar refractivity (Wildman–Crippen MR) is 91.7 cm³/mol. The molecule has 1 amide bonds. The number of benzene rings is 2. The number of ether oxygens (including phenoxy) is 1. The summed E-state index contributed by atoms with van der Waals surface area (Å²) in [4.78, 5) is 37.7. The van der Waals surface area contributed by atoms with E-state index in [4.69, 9.17) is 4.74 Å². The van der Waals surface area contributed by atoms with E-state index >= 15 is 0 Å². The van der Waals surface area contributed by atoms with Crippen molar-refractivity contribution in [2.24, 2.45) is 0 Å². The van der Waals surface area contributed by atoms with Gasteiger partial charge in [0.05, 0.1) is 11.3 Å². The van der Waals surface area contributed by atoms with Crippen LogP contribution >= 0.6 is 15.9 Å². The molecular formula is C18H14BrNO4. The van der Waals surface area contributed by atoms with E-state index < -0.39 is 23.7 Å². The Bertz CT molecular complexity index is 833. The highest BCUT2D eigenvalue weighted by Gasteiger charge is 2.40. The number of rotatable bonds is 4. The van der Waals surface area contributed by atoms with Gasteiger partial charge in [-0.25, -0.2) is 4.79 Å². The maximum absolute atomic E-state index is 12.3. The highest BCUT2D eigenvalue weighted by Crippen LogP contribution is 2.30. The molecule has 0 saturated carbocycles. The summed E-state index contributed by atoms with van der Waals surface area (Å²) in [6.45, 7) is 1.65. The monoisotopic (exact) mass is 387 g/mol. The van der Waals surface area contributed by atoms with Crippen LogP contribution in [0.25, 0.3) is 0 Å². The maximum atomic E-state index is 12.3. The lowest BCUT2D eigenvalue weighted by Gasteiger charge is -2.23. The SMILES string of the molecule is C[C@@H](C(=O)OCc1cccc(Br)c1)N1C(=O)C(=O)c2ccccc21. The van der Waals surface area contributed by atoms with E-state index in [0.29, 0.717) is 11.3 Å². The molecule has 1 aliphatic heterocycles. The highest BCUT2D eigenvalue weighted by molar-refractivity contribution is 9.10. The van der Waals surface area contributed by atoms with Gasteiger partial charge in [0.1, 0.15) is 12.6 Å². The second-order valence-corrected chi connectivity index (χ2v) is 6.35. The molecule has 3 rings (SSSR count). The first-order valence-electron chi connectivity index (χ1n) is 7.37. The molecule has 0 aliphatic carbocycles. The van der Waals surface area contributed by atoms with Crippen LogP contribution in [0.4, 0.5) is 5.69 Å². The largest absolute Gasteiger partial charge is 0.459 e. The van der Waals surface area contributed by atoms with Crippen molar-refractivity contribution in [1.29, 1.82) is 0 Å². The minimum Gasteiger partial charge on any atom is -0.459 e. The van der Waals surface area contributed by atoms with Crippen LogP contribution in [0.1, 0.15) is 22.8 Å². The van der Waals surface area contributed by atoms with Crippen LogP contribution in [0, 0.1) is 0 Å².